The molecule has 4 unspecified atom stereocenters. The Morgan fingerprint density at radius 3 is 2.59 bits per heavy atom. The van der Waals surface area contributed by atoms with Crippen molar-refractivity contribution < 1.29 is 9.84 Å². The van der Waals surface area contributed by atoms with Gasteiger partial charge in [-0.2, -0.15) is 5.26 Å². The van der Waals surface area contributed by atoms with Crippen LogP contribution in [0.5, 0.6) is 0 Å². The molecule has 1 N–H and O–H groups in total. The average molecular weight is 237 g/mol. The zero-order valence-corrected chi connectivity index (χ0v) is 10.9. The Bertz CT molecular complexity index is 317. The third-order valence-electron chi connectivity index (χ3n) is 4.99. The highest BCUT2D eigenvalue weighted by atomic mass is 16.5. The first-order valence-corrected chi connectivity index (χ1v) is 6.74. The van der Waals surface area contributed by atoms with Gasteiger partial charge in [-0.3, -0.25) is 0 Å². The topological polar surface area (TPSA) is 53.2 Å². The molecule has 1 heterocycles. The second kappa shape index (κ2) is 4.59. The van der Waals surface area contributed by atoms with Gasteiger partial charge in [0.1, 0.15) is 5.41 Å². The highest BCUT2D eigenvalue weighted by Crippen LogP contribution is 2.49. The van der Waals surface area contributed by atoms with Crippen LogP contribution in [0.2, 0.25) is 0 Å². The smallest absolute Gasteiger partial charge is 0.109 e. The van der Waals surface area contributed by atoms with E-state index in [1.165, 1.54) is 0 Å². The lowest BCUT2D eigenvalue weighted by Crippen LogP contribution is -2.55. The van der Waals surface area contributed by atoms with Crippen LogP contribution in [0.25, 0.3) is 0 Å². The summed E-state index contributed by atoms with van der Waals surface area (Å²) in [6.07, 6.45) is 4.17. The van der Waals surface area contributed by atoms with Crippen LogP contribution in [0.15, 0.2) is 0 Å². The molecule has 0 spiro atoms. The maximum absolute atomic E-state index is 10.9. The van der Waals surface area contributed by atoms with Gasteiger partial charge in [0.15, 0.2) is 0 Å². The summed E-state index contributed by atoms with van der Waals surface area (Å²) in [6.45, 7) is 5.55. The summed E-state index contributed by atoms with van der Waals surface area (Å²) < 4.78 is 5.47. The number of rotatable bonds is 1. The van der Waals surface area contributed by atoms with E-state index in [4.69, 9.17) is 4.74 Å². The molecule has 2 rings (SSSR count). The molecule has 4 atom stereocenters. The Labute approximate surface area is 104 Å². The quantitative estimate of drug-likeness (QED) is 0.762. The van der Waals surface area contributed by atoms with E-state index in [1.807, 2.05) is 0 Å². The van der Waals surface area contributed by atoms with Crippen LogP contribution in [0, 0.1) is 28.6 Å². The molecule has 3 nitrogen and oxygen atoms in total. The lowest BCUT2D eigenvalue weighted by Gasteiger charge is -2.49. The predicted molar refractivity (Wildman–Crippen MR) is 65.2 cm³/mol. The molecule has 0 bridgehead atoms. The third-order valence-corrected chi connectivity index (χ3v) is 4.99. The van der Waals surface area contributed by atoms with Crippen molar-refractivity contribution in [3.8, 4) is 6.07 Å². The molecule has 96 valence electrons. The maximum atomic E-state index is 10.9. The van der Waals surface area contributed by atoms with Crippen molar-refractivity contribution >= 4 is 0 Å². The van der Waals surface area contributed by atoms with Gasteiger partial charge in [0.05, 0.1) is 18.3 Å². The predicted octanol–water partition coefficient (Wildman–Crippen LogP) is 2.49. The Kier molecular flexibility index (Phi) is 3.47. The van der Waals surface area contributed by atoms with Gasteiger partial charge in [-0.1, -0.05) is 13.8 Å². The van der Waals surface area contributed by atoms with Crippen molar-refractivity contribution in [3.63, 3.8) is 0 Å². The Morgan fingerprint density at radius 2 is 2.06 bits per heavy atom. The van der Waals surface area contributed by atoms with Gasteiger partial charge < -0.3 is 9.84 Å². The molecule has 1 aliphatic carbocycles. The zero-order valence-electron chi connectivity index (χ0n) is 10.9. The summed E-state index contributed by atoms with van der Waals surface area (Å²) >= 11 is 0. The van der Waals surface area contributed by atoms with Crippen molar-refractivity contribution in [1.82, 2.24) is 0 Å². The molecule has 0 amide bonds. The minimum atomic E-state index is -0.839. The highest BCUT2D eigenvalue weighted by Gasteiger charge is 2.54. The fourth-order valence-electron chi connectivity index (χ4n) is 3.38. The van der Waals surface area contributed by atoms with Gasteiger partial charge in [0.25, 0.3) is 0 Å². The first-order valence-electron chi connectivity index (χ1n) is 6.74. The fraction of sp³-hybridized carbons (Fsp3) is 0.929. The van der Waals surface area contributed by atoms with E-state index >= 15 is 0 Å². The number of aliphatic hydroxyl groups is 1. The average Bonchev–Trinajstić information content (AvgIpc) is 2.35. The van der Waals surface area contributed by atoms with Crippen LogP contribution in [0.4, 0.5) is 0 Å². The molecule has 17 heavy (non-hydrogen) atoms. The van der Waals surface area contributed by atoms with Crippen LogP contribution in [0.3, 0.4) is 0 Å². The second-order valence-corrected chi connectivity index (χ2v) is 6.08. The molecule has 0 radical (unpaired) electrons. The standard InChI is InChI=1S/C14H23NO2/c1-11-4-6-14(16,8-12(11)2)13(9-15)5-3-7-17-10-13/h11-12,16H,3-8,10H2,1-2H3. The van der Waals surface area contributed by atoms with E-state index in [1.54, 1.807) is 0 Å². The van der Waals surface area contributed by atoms with Gasteiger partial charge in [-0.05, 0) is 43.9 Å². The molecule has 1 saturated carbocycles. The molecule has 2 fully saturated rings. The van der Waals surface area contributed by atoms with Gasteiger partial charge >= 0.3 is 0 Å². The van der Waals surface area contributed by atoms with E-state index in [-0.39, 0.29) is 0 Å². The molecular weight excluding hydrogens is 214 g/mol. The van der Waals surface area contributed by atoms with Gasteiger partial charge in [0.2, 0.25) is 0 Å². The number of hydrogen-bond donors (Lipinski definition) is 1. The summed E-state index contributed by atoms with van der Waals surface area (Å²) in [5.41, 5.74) is -1.51. The molecule has 3 heteroatoms. The number of nitriles is 1. The van der Waals surface area contributed by atoms with Crippen molar-refractivity contribution in [2.45, 2.75) is 51.6 Å². The monoisotopic (exact) mass is 237 g/mol. The van der Waals surface area contributed by atoms with Crippen LogP contribution < -0.4 is 0 Å². The van der Waals surface area contributed by atoms with Crippen LogP contribution in [0.1, 0.15) is 46.0 Å². The summed E-state index contributed by atoms with van der Waals surface area (Å²) in [6, 6.07) is 2.39. The first-order chi connectivity index (χ1) is 8.03. The summed E-state index contributed by atoms with van der Waals surface area (Å²) in [4.78, 5) is 0. The minimum Gasteiger partial charge on any atom is -0.388 e. The molecule has 1 aliphatic heterocycles. The maximum Gasteiger partial charge on any atom is 0.109 e. The highest BCUT2D eigenvalue weighted by molar-refractivity contribution is 5.14. The molecular formula is C14H23NO2. The molecule has 2 aliphatic rings. The first kappa shape index (κ1) is 12.9. The molecule has 0 aromatic heterocycles. The van der Waals surface area contributed by atoms with Crippen molar-refractivity contribution in [2.24, 2.45) is 17.3 Å². The van der Waals surface area contributed by atoms with Gasteiger partial charge in [-0.15, -0.1) is 0 Å². The van der Waals surface area contributed by atoms with E-state index in [2.05, 4.69) is 19.9 Å². The van der Waals surface area contributed by atoms with E-state index in [9.17, 15) is 10.4 Å². The minimum absolute atomic E-state index is 0.404. The molecule has 1 saturated heterocycles. The summed E-state index contributed by atoms with van der Waals surface area (Å²) in [5.74, 6) is 1.14. The van der Waals surface area contributed by atoms with Crippen LogP contribution in [-0.2, 0) is 4.74 Å². The zero-order chi connectivity index (χ0) is 12.5. The van der Waals surface area contributed by atoms with Crippen molar-refractivity contribution in [1.29, 1.82) is 5.26 Å². The van der Waals surface area contributed by atoms with E-state index < -0.39 is 11.0 Å². The van der Waals surface area contributed by atoms with Crippen molar-refractivity contribution in [2.75, 3.05) is 13.2 Å². The second-order valence-electron chi connectivity index (χ2n) is 6.08. The fourth-order valence-corrected chi connectivity index (χ4v) is 3.38. The molecule has 0 aromatic rings. The van der Waals surface area contributed by atoms with Crippen molar-refractivity contribution in [3.05, 3.63) is 0 Å². The lowest BCUT2D eigenvalue weighted by atomic mass is 9.59. The summed E-state index contributed by atoms with van der Waals surface area (Å²) in [5, 5.41) is 20.5. The third kappa shape index (κ3) is 2.09. The van der Waals surface area contributed by atoms with Gasteiger partial charge in [0, 0.05) is 6.61 Å². The Morgan fingerprint density at radius 1 is 1.29 bits per heavy atom. The van der Waals surface area contributed by atoms with E-state index in [0.29, 0.717) is 18.4 Å². The van der Waals surface area contributed by atoms with Crippen LogP contribution in [-0.4, -0.2) is 23.9 Å². The molecule has 0 aromatic carbocycles. The summed E-state index contributed by atoms with van der Waals surface area (Å²) in [7, 11) is 0. The SMILES string of the molecule is CC1CCC(O)(C2(C#N)CCCOC2)CC1C. The van der Waals surface area contributed by atoms with Gasteiger partial charge in [-0.25, -0.2) is 0 Å². The van der Waals surface area contributed by atoms with E-state index in [0.717, 1.165) is 38.7 Å². The number of ether oxygens (including phenoxy) is 1. The Hall–Kier alpha value is -0.590. The normalized spacial score (nSPS) is 47.4. The lowest BCUT2D eigenvalue weighted by molar-refractivity contribution is -0.149. The largest absolute Gasteiger partial charge is 0.388 e. The number of nitrogens with zero attached hydrogens (tertiary/aromatic N) is 1. The van der Waals surface area contributed by atoms with Crippen LogP contribution >= 0.6 is 0 Å². The Balaban J connectivity index is 2.21. The number of hydrogen-bond acceptors (Lipinski definition) is 3.